The molecule has 196 valence electrons. The lowest BCUT2D eigenvalue weighted by Gasteiger charge is -2.32. The fourth-order valence-electron chi connectivity index (χ4n) is 4.14. The molecule has 3 rings (SSSR count). The molecule has 0 aliphatic heterocycles. The van der Waals surface area contributed by atoms with E-state index < -0.39 is 6.04 Å². The minimum atomic E-state index is -0.679. The van der Waals surface area contributed by atoms with Crippen molar-refractivity contribution in [2.24, 2.45) is 5.92 Å². The first-order valence-electron chi connectivity index (χ1n) is 12.7. The highest BCUT2D eigenvalue weighted by atomic mass is 79.9. The van der Waals surface area contributed by atoms with Gasteiger partial charge in [0.2, 0.25) is 5.91 Å². The normalized spacial score (nSPS) is 11.8. The molecule has 3 aromatic carbocycles. The zero-order valence-corrected chi connectivity index (χ0v) is 24.0. The van der Waals surface area contributed by atoms with Gasteiger partial charge in [-0.1, -0.05) is 78.3 Å². The van der Waals surface area contributed by atoms with Crippen LogP contribution in [0.25, 0.3) is 0 Å². The first-order valence-corrected chi connectivity index (χ1v) is 13.5. The van der Waals surface area contributed by atoms with E-state index in [4.69, 9.17) is 4.74 Å². The maximum Gasteiger partial charge on any atom is 0.261 e. The summed E-state index contributed by atoms with van der Waals surface area (Å²) in [5.74, 6) is 0.596. The number of rotatable bonds is 11. The highest BCUT2D eigenvalue weighted by Crippen LogP contribution is 2.24. The van der Waals surface area contributed by atoms with Gasteiger partial charge in [-0.25, -0.2) is 0 Å². The van der Waals surface area contributed by atoms with Gasteiger partial charge < -0.3 is 15.0 Å². The number of nitrogens with zero attached hydrogens (tertiary/aromatic N) is 1. The number of halogens is 1. The molecule has 0 spiro atoms. The Balaban J connectivity index is 1.92. The Kier molecular flexibility index (Phi) is 10.3. The minimum absolute atomic E-state index is 0.150. The maximum absolute atomic E-state index is 13.8. The van der Waals surface area contributed by atoms with Gasteiger partial charge in [-0.15, -0.1) is 0 Å². The summed E-state index contributed by atoms with van der Waals surface area (Å²) in [6, 6.07) is 21.0. The number of amides is 2. The van der Waals surface area contributed by atoms with Crippen LogP contribution in [0.1, 0.15) is 41.7 Å². The molecule has 2 amide bonds. The summed E-state index contributed by atoms with van der Waals surface area (Å²) in [5, 5.41) is 3.05. The van der Waals surface area contributed by atoms with Crippen molar-refractivity contribution >= 4 is 27.7 Å². The van der Waals surface area contributed by atoms with E-state index in [9.17, 15) is 9.59 Å². The third kappa shape index (κ3) is 8.46. The Morgan fingerprint density at radius 3 is 2.27 bits per heavy atom. The first-order chi connectivity index (χ1) is 17.6. The summed E-state index contributed by atoms with van der Waals surface area (Å²) < 4.78 is 7.00. The first kappa shape index (κ1) is 28.5. The molecule has 0 saturated heterocycles. The molecular formula is C31H37BrN2O3. The van der Waals surface area contributed by atoms with Crippen LogP contribution >= 0.6 is 15.9 Å². The fraction of sp³-hybridized carbons (Fsp3) is 0.355. The lowest BCUT2D eigenvalue weighted by Crippen LogP contribution is -2.52. The molecule has 6 heteroatoms. The predicted octanol–water partition coefficient (Wildman–Crippen LogP) is 6.17. The van der Waals surface area contributed by atoms with Gasteiger partial charge in [-0.3, -0.25) is 9.59 Å². The Morgan fingerprint density at radius 1 is 0.946 bits per heavy atom. The second kappa shape index (κ2) is 13.4. The van der Waals surface area contributed by atoms with Crippen LogP contribution in [-0.2, 0) is 22.6 Å². The molecule has 0 radical (unpaired) electrons. The fourth-order valence-corrected chi connectivity index (χ4v) is 4.40. The average Bonchev–Trinajstić information content (AvgIpc) is 2.87. The van der Waals surface area contributed by atoms with Crippen LogP contribution in [0.5, 0.6) is 5.75 Å². The predicted molar refractivity (Wildman–Crippen MR) is 153 cm³/mol. The van der Waals surface area contributed by atoms with Crippen molar-refractivity contribution in [3.8, 4) is 5.75 Å². The molecule has 37 heavy (non-hydrogen) atoms. The SMILES string of the molecule is Cc1cc(C)c(C)c(OCC(=O)N(Cc2ccc(Br)cc2)[C@@H](Cc2ccccc2)C(=O)NCC(C)C)c1. The molecule has 0 bridgehead atoms. The van der Waals surface area contributed by atoms with Crippen LogP contribution in [0.2, 0.25) is 0 Å². The monoisotopic (exact) mass is 564 g/mol. The van der Waals surface area contributed by atoms with Gasteiger partial charge in [0.05, 0.1) is 0 Å². The second-order valence-corrected chi connectivity index (χ2v) is 10.9. The number of ether oxygens (including phenoxy) is 1. The summed E-state index contributed by atoms with van der Waals surface area (Å²) in [5.41, 5.74) is 5.13. The lowest BCUT2D eigenvalue weighted by molar-refractivity contribution is -0.142. The highest BCUT2D eigenvalue weighted by molar-refractivity contribution is 9.10. The van der Waals surface area contributed by atoms with Crippen molar-refractivity contribution < 1.29 is 14.3 Å². The Bertz CT molecular complexity index is 1190. The molecule has 0 aliphatic rings. The van der Waals surface area contributed by atoms with E-state index in [1.165, 1.54) is 0 Å². The van der Waals surface area contributed by atoms with Crippen LogP contribution in [0.4, 0.5) is 0 Å². The van der Waals surface area contributed by atoms with Crippen LogP contribution in [0.15, 0.2) is 71.2 Å². The molecule has 0 heterocycles. The summed E-state index contributed by atoms with van der Waals surface area (Å²) in [6.07, 6.45) is 0.412. The van der Waals surface area contributed by atoms with Gasteiger partial charge in [-0.2, -0.15) is 0 Å². The standard InChI is InChI=1S/C31H37BrN2O3/c1-21(2)18-33-31(36)28(17-25-9-7-6-8-10-25)34(19-26-11-13-27(32)14-12-26)30(35)20-37-29-16-22(3)15-23(4)24(29)5/h6-16,21,28H,17-20H2,1-5H3,(H,33,36)/t28-/m0/s1. The Morgan fingerprint density at radius 2 is 1.62 bits per heavy atom. The zero-order valence-electron chi connectivity index (χ0n) is 22.4. The van der Waals surface area contributed by atoms with Crippen molar-refractivity contribution in [2.45, 2.75) is 53.6 Å². The van der Waals surface area contributed by atoms with Crippen LogP contribution < -0.4 is 10.1 Å². The largest absolute Gasteiger partial charge is 0.483 e. The molecule has 1 atom stereocenters. The van der Waals surface area contributed by atoms with Crippen molar-refractivity contribution in [3.05, 3.63) is 99.0 Å². The summed E-state index contributed by atoms with van der Waals surface area (Å²) in [4.78, 5) is 28.9. The van der Waals surface area contributed by atoms with Crippen LogP contribution in [0.3, 0.4) is 0 Å². The van der Waals surface area contributed by atoms with Crippen molar-refractivity contribution in [2.75, 3.05) is 13.2 Å². The number of aryl methyl sites for hydroxylation is 2. The topological polar surface area (TPSA) is 58.6 Å². The number of carbonyl (C=O) groups is 2. The molecule has 0 saturated carbocycles. The van der Waals surface area contributed by atoms with E-state index in [0.29, 0.717) is 31.2 Å². The van der Waals surface area contributed by atoms with E-state index in [1.54, 1.807) is 4.90 Å². The number of hydrogen-bond acceptors (Lipinski definition) is 3. The van der Waals surface area contributed by atoms with Crippen molar-refractivity contribution in [1.82, 2.24) is 10.2 Å². The van der Waals surface area contributed by atoms with Gasteiger partial charge in [-0.05, 0) is 72.7 Å². The molecular weight excluding hydrogens is 528 g/mol. The molecule has 0 unspecified atom stereocenters. The second-order valence-electron chi connectivity index (χ2n) is 9.99. The molecule has 5 nitrogen and oxygen atoms in total. The van der Waals surface area contributed by atoms with Crippen molar-refractivity contribution in [1.29, 1.82) is 0 Å². The smallest absolute Gasteiger partial charge is 0.261 e. The van der Waals surface area contributed by atoms with Gasteiger partial charge in [0, 0.05) is 24.0 Å². The molecule has 0 fully saturated rings. The van der Waals surface area contributed by atoms with Crippen LogP contribution in [0, 0.1) is 26.7 Å². The van der Waals surface area contributed by atoms with E-state index in [1.807, 2.05) is 81.4 Å². The van der Waals surface area contributed by atoms with Crippen molar-refractivity contribution in [3.63, 3.8) is 0 Å². The van der Waals surface area contributed by atoms with E-state index in [2.05, 4.69) is 41.2 Å². The van der Waals surface area contributed by atoms with E-state index in [-0.39, 0.29) is 18.4 Å². The minimum Gasteiger partial charge on any atom is -0.483 e. The summed E-state index contributed by atoms with van der Waals surface area (Å²) in [7, 11) is 0. The molecule has 0 aromatic heterocycles. The third-order valence-electron chi connectivity index (χ3n) is 6.34. The van der Waals surface area contributed by atoms with E-state index >= 15 is 0 Å². The number of nitrogens with one attached hydrogen (secondary N) is 1. The molecule has 0 aliphatic carbocycles. The van der Waals surface area contributed by atoms with Gasteiger partial charge in [0.25, 0.3) is 5.91 Å². The number of carbonyl (C=O) groups excluding carboxylic acids is 2. The molecule has 3 aromatic rings. The summed E-state index contributed by atoms with van der Waals surface area (Å²) >= 11 is 3.48. The van der Waals surface area contributed by atoms with E-state index in [0.717, 1.165) is 32.3 Å². The third-order valence-corrected chi connectivity index (χ3v) is 6.87. The van der Waals surface area contributed by atoms with Gasteiger partial charge in [0.15, 0.2) is 6.61 Å². The summed E-state index contributed by atoms with van der Waals surface area (Å²) in [6.45, 7) is 10.8. The average molecular weight is 566 g/mol. The number of benzene rings is 3. The maximum atomic E-state index is 13.8. The molecule has 1 N–H and O–H groups in total. The Hall–Kier alpha value is -3.12. The van der Waals surface area contributed by atoms with Gasteiger partial charge >= 0.3 is 0 Å². The van der Waals surface area contributed by atoms with Crippen LogP contribution in [-0.4, -0.2) is 35.9 Å². The highest BCUT2D eigenvalue weighted by Gasteiger charge is 2.31. The Labute approximate surface area is 229 Å². The van der Waals surface area contributed by atoms with Gasteiger partial charge in [0.1, 0.15) is 11.8 Å². The zero-order chi connectivity index (χ0) is 26.9. The number of hydrogen-bond donors (Lipinski definition) is 1. The lowest BCUT2D eigenvalue weighted by atomic mass is 10.0. The quantitative estimate of drug-likeness (QED) is 0.303.